The number of sulfonamides is 1. The Balaban J connectivity index is 3.42. The van der Waals surface area contributed by atoms with Crippen LogP contribution >= 0.6 is 12.2 Å². The van der Waals surface area contributed by atoms with Crippen molar-refractivity contribution in [3.8, 4) is 0 Å². The smallest absolute Gasteiger partial charge is 0.254 e. The number of nitrogens with one attached hydrogen (secondary N) is 1. The minimum Gasteiger partial charge on any atom is -0.389 e. The zero-order valence-electron chi connectivity index (χ0n) is 9.27. The molecular weight excluding hydrogens is 265 g/mol. The number of nitrogens with two attached hydrogens (primary N) is 1. The predicted molar refractivity (Wildman–Crippen MR) is 66.3 cm³/mol. The van der Waals surface area contributed by atoms with E-state index in [1.54, 1.807) is 0 Å². The van der Waals surface area contributed by atoms with Crippen LogP contribution < -0.4 is 10.6 Å². The molecule has 5 nitrogen and oxygen atoms in total. The molecule has 0 bridgehead atoms. The second-order valence-corrected chi connectivity index (χ2v) is 5.54. The lowest BCUT2D eigenvalue weighted by Gasteiger charge is -2.15. The van der Waals surface area contributed by atoms with Crippen molar-refractivity contribution < 1.29 is 12.8 Å². The number of hydrazine groups is 1. The molecule has 0 radical (unpaired) electrons. The van der Waals surface area contributed by atoms with Crippen LogP contribution in [0, 0.1) is 5.82 Å². The molecule has 0 fully saturated rings. The maximum atomic E-state index is 13.5. The monoisotopic (exact) mass is 277 g/mol. The Kier molecular flexibility index (Phi) is 4.15. The highest BCUT2D eigenvalue weighted by Crippen LogP contribution is 2.18. The average Bonchev–Trinajstić information content (AvgIpc) is 2.14. The third-order valence-corrected chi connectivity index (χ3v) is 3.54. The summed E-state index contributed by atoms with van der Waals surface area (Å²) in [4.78, 5) is 1.60. The maximum absolute atomic E-state index is 13.5. The zero-order chi connectivity index (χ0) is 13.2. The van der Waals surface area contributed by atoms with Gasteiger partial charge in [0.15, 0.2) is 0 Å². The van der Waals surface area contributed by atoms with Crippen LogP contribution in [-0.4, -0.2) is 32.5 Å². The molecule has 94 valence electrons. The van der Waals surface area contributed by atoms with E-state index in [0.29, 0.717) is 0 Å². The van der Waals surface area contributed by atoms with Gasteiger partial charge in [-0.05, 0) is 12.1 Å². The van der Waals surface area contributed by atoms with Crippen LogP contribution in [0.25, 0.3) is 0 Å². The SMILES string of the molecule is CN(C)NS(=O)(=O)c1cccc(F)c1C(N)=S. The molecule has 0 unspecified atom stereocenters. The lowest BCUT2D eigenvalue weighted by Crippen LogP contribution is -2.37. The molecular formula is C9H12FN3O2S2. The summed E-state index contributed by atoms with van der Waals surface area (Å²) >= 11 is 4.65. The standard InChI is InChI=1S/C9H12FN3O2S2/c1-13(2)12-17(14,15)7-5-3-4-6(10)8(7)9(11)16/h3-5,12H,1-2H3,(H2,11,16). The van der Waals surface area contributed by atoms with Crippen LogP contribution in [0.4, 0.5) is 4.39 Å². The molecule has 0 saturated heterocycles. The minimum atomic E-state index is -3.89. The van der Waals surface area contributed by atoms with Crippen LogP contribution in [0.3, 0.4) is 0 Å². The van der Waals surface area contributed by atoms with Gasteiger partial charge in [-0.2, -0.15) is 0 Å². The number of benzene rings is 1. The summed E-state index contributed by atoms with van der Waals surface area (Å²) in [6.07, 6.45) is 0. The van der Waals surface area contributed by atoms with Crippen LogP contribution in [0.1, 0.15) is 5.56 Å². The summed E-state index contributed by atoms with van der Waals surface area (Å²) in [5.41, 5.74) is 5.05. The number of nitrogens with zero attached hydrogens (tertiary/aromatic N) is 1. The van der Waals surface area contributed by atoms with Crippen molar-refractivity contribution in [2.24, 2.45) is 5.73 Å². The van der Waals surface area contributed by atoms with Crippen LogP contribution in [0.2, 0.25) is 0 Å². The van der Waals surface area contributed by atoms with Crippen molar-refractivity contribution in [3.63, 3.8) is 0 Å². The molecule has 3 N–H and O–H groups in total. The van der Waals surface area contributed by atoms with Crippen LogP contribution in [0.15, 0.2) is 23.1 Å². The Bertz CT molecular complexity index is 543. The molecule has 0 aliphatic rings. The molecule has 0 atom stereocenters. The molecule has 0 amide bonds. The predicted octanol–water partition coefficient (Wildman–Crippen LogP) is 0.215. The fraction of sp³-hybridized carbons (Fsp3) is 0.222. The Morgan fingerprint density at radius 2 is 2.06 bits per heavy atom. The van der Waals surface area contributed by atoms with Crippen molar-refractivity contribution in [3.05, 3.63) is 29.6 Å². The van der Waals surface area contributed by atoms with Gasteiger partial charge < -0.3 is 5.73 Å². The summed E-state index contributed by atoms with van der Waals surface area (Å²) < 4.78 is 37.3. The van der Waals surface area contributed by atoms with Gasteiger partial charge in [0.1, 0.15) is 10.8 Å². The molecule has 0 aliphatic heterocycles. The van der Waals surface area contributed by atoms with Crippen LogP contribution in [-0.2, 0) is 10.0 Å². The summed E-state index contributed by atoms with van der Waals surface area (Å²) in [6.45, 7) is 0. The molecule has 1 rings (SSSR count). The molecule has 0 spiro atoms. The highest BCUT2D eigenvalue weighted by atomic mass is 32.2. The lowest BCUT2D eigenvalue weighted by molar-refractivity contribution is 0.364. The van der Waals surface area contributed by atoms with Gasteiger partial charge in [-0.3, -0.25) is 0 Å². The van der Waals surface area contributed by atoms with Crippen molar-refractivity contribution in [2.75, 3.05) is 14.1 Å². The van der Waals surface area contributed by atoms with Gasteiger partial charge in [0.25, 0.3) is 10.0 Å². The molecule has 0 heterocycles. The molecule has 0 aliphatic carbocycles. The van der Waals surface area contributed by atoms with Crippen molar-refractivity contribution in [2.45, 2.75) is 4.90 Å². The number of thiocarbonyl (C=S) groups is 1. The van der Waals surface area contributed by atoms with Gasteiger partial charge in [0.05, 0.1) is 10.5 Å². The molecule has 8 heteroatoms. The lowest BCUT2D eigenvalue weighted by atomic mass is 10.2. The van der Waals surface area contributed by atoms with Gasteiger partial charge in [-0.15, -0.1) is 4.83 Å². The molecule has 0 saturated carbocycles. The first kappa shape index (κ1) is 14.0. The number of hydrogen-bond donors (Lipinski definition) is 2. The Hall–Kier alpha value is -1.09. The maximum Gasteiger partial charge on any atom is 0.254 e. The quantitative estimate of drug-likeness (QED) is 0.608. The van der Waals surface area contributed by atoms with Gasteiger partial charge in [0.2, 0.25) is 0 Å². The van der Waals surface area contributed by atoms with Crippen LogP contribution in [0.5, 0.6) is 0 Å². The van der Waals surface area contributed by atoms with Crippen molar-refractivity contribution in [1.82, 2.24) is 9.84 Å². The fourth-order valence-corrected chi connectivity index (χ4v) is 2.84. The van der Waals surface area contributed by atoms with E-state index in [4.69, 9.17) is 5.73 Å². The van der Waals surface area contributed by atoms with Gasteiger partial charge in [-0.25, -0.2) is 17.8 Å². The highest BCUT2D eigenvalue weighted by molar-refractivity contribution is 7.89. The van der Waals surface area contributed by atoms with E-state index in [0.717, 1.165) is 6.07 Å². The van der Waals surface area contributed by atoms with E-state index in [1.807, 2.05) is 0 Å². The van der Waals surface area contributed by atoms with Gasteiger partial charge >= 0.3 is 0 Å². The first-order chi connectivity index (χ1) is 7.75. The minimum absolute atomic E-state index is 0.279. The topological polar surface area (TPSA) is 75.4 Å². The van der Waals surface area contributed by atoms with E-state index < -0.39 is 15.8 Å². The number of hydrogen-bond acceptors (Lipinski definition) is 4. The number of rotatable bonds is 4. The first-order valence-electron chi connectivity index (χ1n) is 4.54. The molecule has 1 aromatic rings. The highest BCUT2D eigenvalue weighted by Gasteiger charge is 2.22. The van der Waals surface area contributed by atoms with Crippen molar-refractivity contribution >= 4 is 27.2 Å². The third kappa shape index (κ3) is 3.19. The molecule has 17 heavy (non-hydrogen) atoms. The number of halogens is 1. The summed E-state index contributed by atoms with van der Waals surface area (Å²) in [6, 6.07) is 3.62. The summed E-state index contributed by atoms with van der Waals surface area (Å²) in [5, 5.41) is 1.23. The Morgan fingerprint density at radius 3 is 2.53 bits per heavy atom. The van der Waals surface area contributed by atoms with E-state index in [1.165, 1.54) is 31.2 Å². The first-order valence-corrected chi connectivity index (χ1v) is 6.43. The zero-order valence-corrected chi connectivity index (χ0v) is 10.9. The van der Waals surface area contributed by atoms with E-state index >= 15 is 0 Å². The van der Waals surface area contributed by atoms with E-state index in [9.17, 15) is 12.8 Å². The normalized spacial score (nSPS) is 11.8. The largest absolute Gasteiger partial charge is 0.389 e. The second-order valence-electron chi connectivity index (χ2n) is 3.47. The third-order valence-electron chi connectivity index (χ3n) is 1.81. The van der Waals surface area contributed by atoms with Crippen molar-refractivity contribution in [1.29, 1.82) is 0 Å². The van der Waals surface area contributed by atoms with Gasteiger partial charge in [-0.1, -0.05) is 18.3 Å². The Labute approximate surface area is 104 Å². The average molecular weight is 277 g/mol. The second kappa shape index (κ2) is 5.05. The van der Waals surface area contributed by atoms with E-state index in [-0.39, 0.29) is 15.4 Å². The summed E-state index contributed by atoms with van der Waals surface area (Å²) in [7, 11) is -0.895. The van der Waals surface area contributed by atoms with Gasteiger partial charge in [0, 0.05) is 14.1 Å². The summed E-state index contributed by atoms with van der Waals surface area (Å²) in [5.74, 6) is -0.765. The molecule has 1 aromatic carbocycles. The van der Waals surface area contributed by atoms with E-state index in [2.05, 4.69) is 17.0 Å². The Morgan fingerprint density at radius 1 is 1.47 bits per heavy atom. The fourth-order valence-electron chi connectivity index (χ4n) is 1.26. The molecule has 0 aromatic heterocycles.